The minimum absolute atomic E-state index is 0.0701. The summed E-state index contributed by atoms with van der Waals surface area (Å²) in [5, 5.41) is 13.1. The molecule has 3 atom stereocenters. The Morgan fingerprint density at radius 1 is 1.04 bits per heavy atom. The van der Waals surface area contributed by atoms with Crippen molar-refractivity contribution in [3.05, 3.63) is 35.9 Å². The highest BCUT2D eigenvalue weighted by molar-refractivity contribution is 5.82. The summed E-state index contributed by atoms with van der Waals surface area (Å²) in [6.07, 6.45) is 3.22. The van der Waals surface area contributed by atoms with Crippen LogP contribution in [0, 0.1) is 0 Å². The summed E-state index contributed by atoms with van der Waals surface area (Å²) in [6.45, 7) is 6.35. The van der Waals surface area contributed by atoms with Crippen molar-refractivity contribution in [2.24, 2.45) is 0 Å². The zero-order chi connectivity index (χ0) is 19.3. The van der Waals surface area contributed by atoms with Gasteiger partial charge < -0.3 is 20.1 Å². The van der Waals surface area contributed by atoms with Gasteiger partial charge in [-0.1, -0.05) is 30.3 Å². The second-order valence-corrected chi connectivity index (χ2v) is 8.50. The minimum Gasteiger partial charge on any atom is -0.390 e. The van der Waals surface area contributed by atoms with Crippen LogP contribution in [0.25, 0.3) is 0 Å². The molecule has 3 fully saturated rings. The van der Waals surface area contributed by atoms with Gasteiger partial charge in [0.1, 0.15) is 0 Å². The number of aliphatic hydroxyl groups is 1. The van der Waals surface area contributed by atoms with Crippen LogP contribution in [0.5, 0.6) is 0 Å². The number of nitrogens with one attached hydrogen (secondary N) is 1. The summed E-state index contributed by atoms with van der Waals surface area (Å²) in [4.78, 5) is 17.3. The van der Waals surface area contributed by atoms with E-state index in [-0.39, 0.29) is 12.0 Å². The summed E-state index contributed by atoms with van der Waals surface area (Å²) < 4.78 is 5.98. The Morgan fingerprint density at radius 3 is 2.46 bits per heavy atom. The van der Waals surface area contributed by atoms with E-state index in [2.05, 4.69) is 45.4 Å². The normalized spacial score (nSPS) is 29.5. The molecule has 0 radical (unpaired) electrons. The number of ether oxygens (including phenoxy) is 1. The quantitative estimate of drug-likeness (QED) is 0.740. The van der Waals surface area contributed by atoms with Crippen molar-refractivity contribution < 1.29 is 14.6 Å². The van der Waals surface area contributed by atoms with Crippen molar-refractivity contribution in [1.29, 1.82) is 0 Å². The lowest BCUT2D eigenvalue weighted by Gasteiger charge is -2.37. The van der Waals surface area contributed by atoms with E-state index in [1.807, 2.05) is 0 Å². The zero-order valence-corrected chi connectivity index (χ0v) is 16.6. The molecule has 1 aliphatic carbocycles. The number of aliphatic hydroxyl groups excluding tert-OH is 1. The first-order chi connectivity index (χ1) is 13.7. The number of amides is 1. The molecule has 2 heterocycles. The Kier molecular flexibility index (Phi) is 6.62. The molecule has 1 aromatic rings. The third-order valence-corrected chi connectivity index (χ3v) is 6.14. The predicted molar refractivity (Wildman–Crippen MR) is 108 cm³/mol. The van der Waals surface area contributed by atoms with Crippen LogP contribution in [0.4, 0.5) is 0 Å². The maximum Gasteiger partial charge on any atom is 0.252 e. The predicted octanol–water partition coefficient (Wildman–Crippen LogP) is 1.38. The first-order valence-electron chi connectivity index (χ1n) is 10.8. The number of piperazine rings is 1. The molecule has 0 unspecified atom stereocenters. The molecule has 6 nitrogen and oxygen atoms in total. The Hall–Kier alpha value is -1.47. The molecular formula is C22H33N3O3. The minimum atomic E-state index is -0.693. The second kappa shape index (κ2) is 9.35. The van der Waals surface area contributed by atoms with E-state index in [4.69, 9.17) is 4.74 Å². The first-order valence-corrected chi connectivity index (χ1v) is 10.8. The lowest BCUT2D eigenvalue weighted by molar-refractivity contribution is -0.158. The van der Waals surface area contributed by atoms with E-state index >= 15 is 0 Å². The standard InChI is InChI=1S/C22H33N3O3/c26-20-9-8-19(28-21(20)22(27)23-18-6-7-18)10-11-24-12-14-25(15-13-24)16-17-4-2-1-3-5-17/h1-5,18-21,26H,6-16H2,(H,23,27)/t19-,20+,21+/m1/s1. The molecule has 0 aromatic heterocycles. The fourth-order valence-electron chi connectivity index (χ4n) is 4.17. The number of hydrogen-bond acceptors (Lipinski definition) is 5. The summed E-state index contributed by atoms with van der Waals surface area (Å²) in [7, 11) is 0. The Bertz CT molecular complexity index is 629. The van der Waals surface area contributed by atoms with Gasteiger partial charge >= 0.3 is 0 Å². The average Bonchev–Trinajstić information content (AvgIpc) is 3.53. The van der Waals surface area contributed by atoms with Crippen LogP contribution in [0.1, 0.15) is 37.7 Å². The number of benzene rings is 1. The SMILES string of the molecule is O=C(NC1CC1)[C@H]1O[C@@H](CCN2CCN(Cc3ccccc3)CC2)CC[C@@H]1O. The maximum atomic E-state index is 12.3. The lowest BCUT2D eigenvalue weighted by Crippen LogP contribution is -2.50. The Morgan fingerprint density at radius 2 is 1.75 bits per heavy atom. The molecule has 1 aromatic carbocycles. The average molecular weight is 388 g/mol. The van der Waals surface area contributed by atoms with Crippen LogP contribution in [0.2, 0.25) is 0 Å². The van der Waals surface area contributed by atoms with Crippen LogP contribution in [-0.2, 0) is 16.1 Å². The van der Waals surface area contributed by atoms with Crippen molar-refractivity contribution in [1.82, 2.24) is 15.1 Å². The van der Waals surface area contributed by atoms with Gasteiger partial charge in [0.15, 0.2) is 6.10 Å². The highest BCUT2D eigenvalue weighted by Crippen LogP contribution is 2.25. The summed E-state index contributed by atoms with van der Waals surface area (Å²) >= 11 is 0. The smallest absolute Gasteiger partial charge is 0.252 e. The van der Waals surface area contributed by atoms with Crippen LogP contribution in [-0.4, -0.2) is 77.9 Å². The molecule has 6 heteroatoms. The lowest BCUT2D eigenvalue weighted by atomic mass is 9.98. The molecule has 1 saturated carbocycles. The maximum absolute atomic E-state index is 12.3. The van der Waals surface area contributed by atoms with Crippen molar-refractivity contribution in [2.75, 3.05) is 32.7 Å². The zero-order valence-electron chi connectivity index (χ0n) is 16.6. The van der Waals surface area contributed by atoms with E-state index in [9.17, 15) is 9.90 Å². The number of hydrogen-bond donors (Lipinski definition) is 2. The topological polar surface area (TPSA) is 65.0 Å². The van der Waals surface area contributed by atoms with Gasteiger partial charge in [-0.3, -0.25) is 9.69 Å². The third-order valence-electron chi connectivity index (χ3n) is 6.14. The molecule has 2 saturated heterocycles. The molecule has 2 N–H and O–H groups in total. The van der Waals surface area contributed by atoms with E-state index in [1.54, 1.807) is 0 Å². The van der Waals surface area contributed by atoms with Crippen molar-refractivity contribution >= 4 is 5.91 Å². The fraction of sp³-hybridized carbons (Fsp3) is 0.682. The first kappa shape index (κ1) is 19.8. The summed E-state index contributed by atoms with van der Waals surface area (Å²) in [6, 6.07) is 11.0. The van der Waals surface area contributed by atoms with Gasteiger partial charge in [0.25, 0.3) is 5.91 Å². The fourth-order valence-corrected chi connectivity index (χ4v) is 4.17. The van der Waals surface area contributed by atoms with Gasteiger partial charge in [0, 0.05) is 45.3 Å². The van der Waals surface area contributed by atoms with E-state index in [0.717, 1.165) is 65.0 Å². The van der Waals surface area contributed by atoms with Crippen LogP contribution in [0.15, 0.2) is 30.3 Å². The number of carbonyl (C=O) groups excluding carboxylic acids is 1. The van der Waals surface area contributed by atoms with Gasteiger partial charge in [-0.05, 0) is 37.7 Å². The monoisotopic (exact) mass is 387 g/mol. The molecule has 154 valence electrons. The van der Waals surface area contributed by atoms with E-state index in [0.29, 0.717) is 12.5 Å². The van der Waals surface area contributed by atoms with Crippen molar-refractivity contribution in [2.45, 2.75) is 63.0 Å². The second-order valence-electron chi connectivity index (χ2n) is 8.50. The van der Waals surface area contributed by atoms with Gasteiger partial charge in [-0.25, -0.2) is 0 Å². The van der Waals surface area contributed by atoms with Crippen LogP contribution < -0.4 is 5.32 Å². The Balaban J connectivity index is 1.17. The molecule has 3 aliphatic rings. The highest BCUT2D eigenvalue weighted by Gasteiger charge is 2.37. The third kappa shape index (κ3) is 5.54. The van der Waals surface area contributed by atoms with Gasteiger partial charge in [-0.15, -0.1) is 0 Å². The molecular weight excluding hydrogens is 354 g/mol. The van der Waals surface area contributed by atoms with E-state index in [1.165, 1.54) is 5.56 Å². The molecule has 0 spiro atoms. The van der Waals surface area contributed by atoms with Crippen molar-refractivity contribution in [3.63, 3.8) is 0 Å². The van der Waals surface area contributed by atoms with E-state index < -0.39 is 12.2 Å². The number of nitrogens with zero attached hydrogens (tertiary/aromatic N) is 2. The Labute approximate surface area is 167 Å². The number of carbonyl (C=O) groups is 1. The largest absolute Gasteiger partial charge is 0.390 e. The molecule has 28 heavy (non-hydrogen) atoms. The highest BCUT2D eigenvalue weighted by atomic mass is 16.5. The summed E-state index contributed by atoms with van der Waals surface area (Å²) in [5.41, 5.74) is 1.38. The number of rotatable bonds is 7. The van der Waals surface area contributed by atoms with Crippen LogP contribution in [0.3, 0.4) is 0 Å². The van der Waals surface area contributed by atoms with Crippen molar-refractivity contribution in [3.8, 4) is 0 Å². The van der Waals surface area contributed by atoms with Crippen LogP contribution >= 0.6 is 0 Å². The van der Waals surface area contributed by atoms with Gasteiger partial charge in [0.2, 0.25) is 0 Å². The molecule has 1 amide bonds. The molecule has 4 rings (SSSR count). The summed E-state index contributed by atoms with van der Waals surface area (Å²) in [5.74, 6) is -0.130. The van der Waals surface area contributed by atoms with Gasteiger partial charge in [-0.2, -0.15) is 0 Å². The molecule has 2 aliphatic heterocycles. The van der Waals surface area contributed by atoms with Gasteiger partial charge in [0.05, 0.1) is 12.2 Å². The molecule has 0 bridgehead atoms.